The molecule has 0 atom stereocenters. The Balaban J connectivity index is 3.01. The quantitative estimate of drug-likeness (QED) is 0.112. The third-order valence-electron chi connectivity index (χ3n) is 3.73. The Bertz CT molecular complexity index is 406. The third kappa shape index (κ3) is 30.9. The molecule has 0 spiro atoms. The lowest BCUT2D eigenvalue weighted by Crippen LogP contribution is -2.25. The molecular formula is C21H43NO12. The van der Waals surface area contributed by atoms with Gasteiger partial charge in [0.05, 0.1) is 126 Å². The maximum absolute atomic E-state index is 10.2. The lowest BCUT2D eigenvalue weighted by atomic mass is 10.6. The van der Waals surface area contributed by atoms with Gasteiger partial charge in [0, 0.05) is 6.54 Å². The highest BCUT2D eigenvalue weighted by Crippen LogP contribution is 1.86. The van der Waals surface area contributed by atoms with Gasteiger partial charge in [0.1, 0.15) is 0 Å². The molecule has 0 saturated carbocycles. The van der Waals surface area contributed by atoms with Gasteiger partial charge in [-0.25, -0.2) is 4.79 Å². The van der Waals surface area contributed by atoms with Crippen molar-refractivity contribution in [2.75, 3.05) is 132 Å². The summed E-state index contributed by atoms with van der Waals surface area (Å²) in [4.78, 5) is 10.2. The van der Waals surface area contributed by atoms with Gasteiger partial charge in [0.25, 0.3) is 0 Å². The number of nitrogens with one attached hydrogen (secondary N) is 1. The molecule has 0 unspecified atom stereocenters. The first-order valence-corrected chi connectivity index (χ1v) is 11.5. The summed E-state index contributed by atoms with van der Waals surface area (Å²) in [6.07, 6.45) is -1.06. The van der Waals surface area contributed by atoms with E-state index in [0.29, 0.717) is 119 Å². The first kappa shape index (κ1) is 32.9. The lowest BCUT2D eigenvalue weighted by Gasteiger charge is -2.09. The number of ether oxygens (including phenoxy) is 9. The van der Waals surface area contributed by atoms with Gasteiger partial charge in [-0.05, 0) is 0 Å². The van der Waals surface area contributed by atoms with Gasteiger partial charge in [-0.1, -0.05) is 0 Å². The standard InChI is InChI=1S/C21H43NO12/c23-2-4-27-6-8-29-10-12-31-14-16-33-18-20-34-19-17-32-15-13-30-11-9-28-7-5-26-3-1-22-21(24)25/h22-23H,1-20H2,(H,24,25). The summed E-state index contributed by atoms with van der Waals surface area (Å²) in [7, 11) is 0. The normalized spacial score (nSPS) is 11.2. The summed E-state index contributed by atoms with van der Waals surface area (Å²) in [5, 5.41) is 19.1. The molecule has 0 aromatic carbocycles. The molecule has 13 nitrogen and oxygen atoms in total. The minimum atomic E-state index is -1.06. The van der Waals surface area contributed by atoms with Gasteiger partial charge in [0.15, 0.2) is 0 Å². The molecule has 0 aliphatic carbocycles. The maximum atomic E-state index is 10.2. The highest BCUT2D eigenvalue weighted by Gasteiger charge is 1.96. The number of hydrogen-bond donors (Lipinski definition) is 3. The molecule has 0 rings (SSSR count). The van der Waals surface area contributed by atoms with Gasteiger partial charge >= 0.3 is 6.09 Å². The summed E-state index contributed by atoms with van der Waals surface area (Å²) in [6.45, 7) is 8.56. The number of amides is 1. The van der Waals surface area contributed by atoms with E-state index < -0.39 is 6.09 Å². The fourth-order valence-electron chi connectivity index (χ4n) is 2.16. The Morgan fingerprint density at radius 1 is 0.441 bits per heavy atom. The van der Waals surface area contributed by atoms with E-state index >= 15 is 0 Å². The Morgan fingerprint density at radius 2 is 0.676 bits per heavy atom. The van der Waals surface area contributed by atoms with Crippen LogP contribution in [0.2, 0.25) is 0 Å². The van der Waals surface area contributed by atoms with Crippen molar-refractivity contribution < 1.29 is 57.6 Å². The molecule has 0 aliphatic rings. The third-order valence-corrected chi connectivity index (χ3v) is 3.73. The van der Waals surface area contributed by atoms with Gasteiger partial charge in [-0.3, -0.25) is 0 Å². The fourth-order valence-corrected chi connectivity index (χ4v) is 2.16. The zero-order valence-corrected chi connectivity index (χ0v) is 20.1. The average molecular weight is 502 g/mol. The molecule has 0 heterocycles. The molecule has 0 aliphatic heterocycles. The average Bonchev–Trinajstić information content (AvgIpc) is 2.83. The van der Waals surface area contributed by atoms with Crippen molar-refractivity contribution in [1.82, 2.24) is 5.32 Å². The van der Waals surface area contributed by atoms with Crippen LogP contribution in [0.1, 0.15) is 0 Å². The van der Waals surface area contributed by atoms with Crippen molar-refractivity contribution in [2.45, 2.75) is 0 Å². The van der Waals surface area contributed by atoms with E-state index in [0.717, 1.165) is 0 Å². The van der Waals surface area contributed by atoms with Crippen molar-refractivity contribution in [2.24, 2.45) is 0 Å². The molecule has 13 heteroatoms. The smallest absolute Gasteiger partial charge is 0.404 e. The summed E-state index contributed by atoms with van der Waals surface area (Å²) in [5.41, 5.74) is 0. The van der Waals surface area contributed by atoms with Crippen LogP contribution in [0.5, 0.6) is 0 Å². The van der Waals surface area contributed by atoms with Gasteiger partial charge in [-0.2, -0.15) is 0 Å². The molecule has 0 radical (unpaired) electrons. The van der Waals surface area contributed by atoms with E-state index in [1.54, 1.807) is 0 Å². The Labute approximate surface area is 201 Å². The molecule has 0 saturated heterocycles. The number of rotatable bonds is 29. The van der Waals surface area contributed by atoms with Crippen molar-refractivity contribution in [3.05, 3.63) is 0 Å². The summed E-state index contributed by atoms with van der Waals surface area (Å²) in [6, 6.07) is 0. The molecule has 1 amide bonds. The SMILES string of the molecule is O=C(O)NCCOCCOCCOCCOCCOCCOCCOCCOCCOCCO. The second-order valence-corrected chi connectivity index (χ2v) is 6.47. The summed E-state index contributed by atoms with van der Waals surface area (Å²) >= 11 is 0. The van der Waals surface area contributed by atoms with Crippen molar-refractivity contribution in [3.8, 4) is 0 Å². The Morgan fingerprint density at radius 3 is 0.912 bits per heavy atom. The minimum absolute atomic E-state index is 0.0218. The number of carboxylic acid groups (broad SMARTS) is 1. The van der Waals surface area contributed by atoms with Crippen LogP contribution < -0.4 is 5.32 Å². The van der Waals surface area contributed by atoms with Crippen LogP contribution in [0, 0.1) is 0 Å². The predicted molar refractivity (Wildman–Crippen MR) is 120 cm³/mol. The largest absolute Gasteiger partial charge is 0.465 e. The van der Waals surface area contributed by atoms with E-state index in [2.05, 4.69) is 5.32 Å². The van der Waals surface area contributed by atoms with Gasteiger partial charge < -0.3 is 58.2 Å². The number of carbonyl (C=O) groups is 1. The van der Waals surface area contributed by atoms with Crippen LogP contribution >= 0.6 is 0 Å². The van der Waals surface area contributed by atoms with Crippen LogP contribution in [0.3, 0.4) is 0 Å². The van der Waals surface area contributed by atoms with E-state index in [1.165, 1.54) is 0 Å². The monoisotopic (exact) mass is 501 g/mol. The molecule has 204 valence electrons. The van der Waals surface area contributed by atoms with Gasteiger partial charge in [0.2, 0.25) is 0 Å². The summed E-state index contributed by atoms with van der Waals surface area (Å²) in [5.74, 6) is 0. The molecule has 0 fully saturated rings. The molecular weight excluding hydrogens is 458 g/mol. The van der Waals surface area contributed by atoms with Crippen molar-refractivity contribution in [1.29, 1.82) is 0 Å². The van der Waals surface area contributed by atoms with Crippen LogP contribution in [-0.2, 0) is 42.6 Å². The molecule has 0 aromatic rings. The van der Waals surface area contributed by atoms with Crippen molar-refractivity contribution in [3.63, 3.8) is 0 Å². The van der Waals surface area contributed by atoms with Crippen LogP contribution in [-0.4, -0.2) is 148 Å². The number of aliphatic hydroxyl groups is 1. The maximum Gasteiger partial charge on any atom is 0.404 e. The van der Waals surface area contributed by atoms with Crippen molar-refractivity contribution >= 4 is 6.09 Å². The Kier molecular flexibility index (Phi) is 28.9. The number of hydrogen-bond acceptors (Lipinski definition) is 11. The van der Waals surface area contributed by atoms with Crippen LogP contribution in [0.15, 0.2) is 0 Å². The molecule has 3 N–H and O–H groups in total. The number of aliphatic hydroxyl groups excluding tert-OH is 1. The second-order valence-electron chi connectivity index (χ2n) is 6.47. The zero-order valence-electron chi connectivity index (χ0n) is 20.1. The highest BCUT2D eigenvalue weighted by atomic mass is 16.6. The predicted octanol–water partition coefficient (Wildman–Crippen LogP) is -0.604. The second kappa shape index (κ2) is 29.9. The molecule has 34 heavy (non-hydrogen) atoms. The highest BCUT2D eigenvalue weighted by molar-refractivity contribution is 5.64. The van der Waals surface area contributed by atoms with E-state index in [9.17, 15) is 4.79 Å². The molecule has 0 bridgehead atoms. The van der Waals surface area contributed by atoms with Crippen LogP contribution in [0.25, 0.3) is 0 Å². The topological polar surface area (TPSA) is 153 Å². The van der Waals surface area contributed by atoms with E-state index in [-0.39, 0.29) is 13.2 Å². The van der Waals surface area contributed by atoms with E-state index in [1.807, 2.05) is 0 Å². The van der Waals surface area contributed by atoms with Crippen LogP contribution in [0.4, 0.5) is 4.79 Å². The zero-order chi connectivity index (χ0) is 24.8. The summed E-state index contributed by atoms with van der Waals surface area (Å²) < 4.78 is 47.8. The Hall–Kier alpha value is -1.13. The first-order chi connectivity index (χ1) is 16.8. The minimum Gasteiger partial charge on any atom is -0.465 e. The lowest BCUT2D eigenvalue weighted by molar-refractivity contribution is -0.0254. The van der Waals surface area contributed by atoms with Gasteiger partial charge in [-0.15, -0.1) is 0 Å². The fraction of sp³-hybridized carbons (Fsp3) is 0.952. The molecule has 0 aromatic heterocycles. The van der Waals surface area contributed by atoms with E-state index in [4.69, 9.17) is 52.8 Å². The first-order valence-electron chi connectivity index (χ1n) is 11.5.